The minimum absolute atomic E-state index is 0.118. The number of hydrogen-bond acceptors (Lipinski definition) is 2. The third-order valence-corrected chi connectivity index (χ3v) is 3.42. The van der Waals surface area contributed by atoms with E-state index in [4.69, 9.17) is 5.73 Å². The van der Waals surface area contributed by atoms with Crippen molar-refractivity contribution in [1.29, 1.82) is 0 Å². The number of carbonyl (C=O) groups is 1. The van der Waals surface area contributed by atoms with Crippen molar-refractivity contribution in [3.8, 4) is 0 Å². The molecule has 0 bridgehead atoms. The van der Waals surface area contributed by atoms with Crippen LogP contribution in [-0.4, -0.2) is 18.0 Å². The van der Waals surface area contributed by atoms with E-state index < -0.39 is 0 Å². The van der Waals surface area contributed by atoms with Gasteiger partial charge in [-0.1, -0.05) is 20.3 Å². The summed E-state index contributed by atoms with van der Waals surface area (Å²) in [5.41, 5.74) is 5.89. The molecule has 15 heavy (non-hydrogen) atoms. The summed E-state index contributed by atoms with van der Waals surface area (Å²) in [4.78, 5) is 11.6. The molecule has 1 rings (SSSR count). The Morgan fingerprint density at radius 3 is 2.73 bits per heavy atom. The molecule has 0 heterocycles. The fraction of sp³-hybridized carbons (Fsp3) is 0.917. The summed E-state index contributed by atoms with van der Waals surface area (Å²) in [5.74, 6) is 0.160. The Morgan fingerprint density at radius 2 is 2.27 bits per heavy atom. The van der Waals surface area contributed by atoms with Gasteiger partial charge in [0.1, 0.15) is 0 Å². The van der Waals surface area contributed by atoms with Crippen LogP contribution in [0, 0.1) is 5.41 Å². The van der Waals surface area contributed by atoms with Crippen LogP contribution in [0.25, 0.3) is 0 Å². The predicted molar refractivity (Wildman–Crippen MR) is 62.4 cm³/mol. The van der Waals surface area contributed by atoms with Gasteiger partial charge >= 0.3 is 0 Å². The molecule has 1 fully saturated rings. The minimum Gasteiger partial charge on any atom is -0.353 e. The first-order chi connectivity index (χ1) is 6.92. The van der Waals surface area contributed by atoms with Gasteiger partial charge in [0.25, 0.3) is 0 Å². The smallest absolute Gasteiger partial charge is 0.220 e. The van der Waals surface area contributed by atoms with Crippen molar-refractivity contribution in [2.45, 2.75) is 65.0 Å². The van der Waals surface area contributed by atoms with E-state index in [1.165, 1.54) is 12.8 Å². The van der Waals surface area contributed by atoms with Crippen LogP contribution in [0.5, 0.6) is 0 Å². The quantitative estimate of drug-likeness (QED) is 0.746. The van der Waals surface area contributed by atoms with Crippen molar-refractivity contribution in [3.63, 3.8) is 0 Å². The van der Waals surface area contributed by atoms with Gasteiger partial charge < -0.3 is 11.1 Å². The summed E-state index contributed by atoms with van der Waals surface area (Å²) in [6.07, 6.45) is 4.90. The highest BCUT2D eigenvalue weighted by atomic mass is 16.1. The van der Waals surface area contributed by atoms with Crippen LogP contribution >= 0.6 is 0 Å². The van der Waals surface area contributed by atoms with Crippen LogP contribution in [0.4, 0.5) is 0 Å². The molecule has 0 radical (unpaired) electrons. The Kier molecular flexibility index (Phi) is 4.14. The molecule has 0 aromatic heterocycles. The Hall–Kier alpha value is -0.570. The predicted octanol–water partition coefficient (Wildman–Crippen LogP) is 1.81. The molecular formula is C12H24N2O. The Bertz CT molecular complexity index is 224. The molecule has 0 aromatic rings. The highest BCUT2D eigenvalue weighted by Crippen LogP contribution is 2.37. The van der Waals surface area contributed by atoms with E-state index in [9.17, 15) is 4.79 Å². The summed E-state index contributed by atoms with van der Waals surface area (Å²) in [6.45, 7) is 6.40. The van der Waals surface area contributed by atoms with E-state index in [-0.39, 0.29) is 17.4 Å². The maximum absolute atomic E-state index is 11.6. The summed E-state index contributed by atoms with van der Waals surface area (Å²) < 4.78 is 0. The lowest BCUT2D eigenvalue weighted by molar-refractivity contribution is -0.122. The van der Waals surface area contributed by atoms with E-state index in [2.05, 4.69) is 19.2 Å². The van der Waals surface area contributed by atoms with Crippen molar-refractivity contribution in [2.75, 3.05) is 0 Å². The van der Waals surface area contributed by atoms with Crippen molar-refractivity contribution in [1.82, 2.24) is 5.32 Å². The molecular weight excluding hydrogens is 188 g/mol. The Balaban J connectivity index is 2.32. The van der Waals surface area contributed by atoms with E-state index >= 15 is 0 Å². The SMILES string of the molecule is CC(N)CCC(=O)NC1CCCC1(C)C. The van der Waals surface area contributed by atoms with Crippen molar-refractivity contribution in [3.05, 3.63) is 0 Å². The highest BCUT2D eigenvalue weighted by molar-refractivity contribution is 5.76. The first-order valence-corrected chi connectivity index (χ1v) is 5.97. The number of rotatable bonds is 4. The van der Waals surface area contributed by atoms with Crippen LogP contribution in [0.3, 0.4) is 0 Å². The molecule has 3 N–H and O–H groups in total. The second kappa shape index (κ2) is 4.97. The lowest BCUT2D eigenvalue weighted by atomic mass is 9.87. The number of hydrogen-bond donors (Lipinski definition) is 2. The molecule has 0 saturated heterocycles. The fourth-order valence-corrected chi connectivity index (χ4v) is 2.22. The molecule has 1 amide bonds. The molecule has 0 aromatic carbocycles. The number of nitrogens with one attached hydrogen (secondary N) is 1. The highest BCUT2D eigenvalue weighted by Gasteiger charge is 2.35. The van der Waals surface area contributed by atoms with Crippen LogP contribution in [0.1, 0.15) is 52.9 Å². The maximum atomic E-state index is 11.6. The summed E-state index contributed by atoms with van der Waals surface area (Å²) in [6, 6.07) is 0.477. The third-order valence-electron chi connectivity index (χ3n) is 3.42. The van der Waals surface area contributed by atoms with Gasteiger partial charge in [0.05, 0.1) is 0 Å². The van der Waals surface area contributed by atoms with Crippen molar-refractivity contribution in [2.24, 2.45) is 11.1 Å². The Labute approximate surface area is 92.8 Å². The van der Waals surface area contributed by atoms with Crippen LogP contribution < -0.4 is 11.1 Å². The van der Waals surface area contributed by atoms with E-state index in [1.54, 1.807) is 0 Å². The Morgan fingerprint density at radius 1 is 1.60 bits per heavy atom. The lowest BCUT2D eigenvalue weighted by Crippen LogP contribution is -2.41. The molecule has 0 aliphatic heterocycles. The van der Waals surface area contributed by atoms with Gasteiger partial charge in [-0.05, 0) is 31.6 Å². The molecule has 1 saturated carbocycles. The second-order valence-electron chi connectivity index (χ2n) is 5.52. The topological polar surface area (TPSA) is 55.1 Å². The lowest BCUT2D eigenvalue weighted by Gasteiger charge is -2.27. The molecule has 2 unspecified atom stereocenters. The molecule has 1 aliphatic rings. The van der Waals surface area contributed by atoms with Gasteiger partial charge in [0.2, 0.25) is 5.91 Å². The minimum atomic E-state index is 0.118. The largest absolute Gasteiger partial charge is 0.353 e. The average Bonchev–Trinajstić information content (AvgIpc) is 2.43. The standard InChI is InChI=1S/C12H24N2O/c1-9(13)6-7-11(15)14-10-5-4-8-12(10,2)3/h9-10H,4-8,13H2,1-3H3,(H,14,15). The van der Waals surface area contributed by atoms with Gasteiger partial charge in [0, 0.05) is 18.5 Å². The van der Waals surface area contributed by atoms with Gasteiger partial charge in [-0.15, -0.1) is 0 Å². The van der Waals surface area contributed by atoms with Crippen molar-refractivity contribution < 1.29 is 4.79 Å². The first kappa shape index (κ1) is 12.5. The van der Waals surface area contributed by atoms with Gasteiger partial charge in [-0.3, -0.25) is 4.79 Å². The fourth-order valence-electron chi connectivity index (χ4n) is 2.22. The summed E-state index contributed by atoms with van der Waals surface area (Å²) in [5, 5.41) is 3.13. The van der Waals surface area contributed by atoms with Crippen LogP contribution in [-0.2, 0) is 4.79 Å². The molecule has 2 atom stereocenters. The zero-order valence-corrected chi connectivity index (χ0v) is 10.2. The van der Waals surface area contributed by atoms with Gasteiger partial charge in [-0.25, -0.2) is 0 Å². The molecule has 3 heteroatoms. The first-order valence-electron chi connectivity index (χ1n) is 5.97. The summed E-state index contributed by atoms with van der Waals surface area (Å²) >= 11 is 0. The third kappa shape index (κ3) is 3.82. The van der Waals surface area contributed by atoms with Gasteiger partial charge in [0.15, 0.2) is 0 Å². The van der Waals surface area contributed by atoms with E-state index in [1.807, 2.05) is 6.92 Å². The number of amides is 1. The normalized spacial score (nSPS) is 26.3. The van der Waals surface area contributed by atoms with Crippen LogP contribution in [0.15, 0.2) is 0 Å². The maximum Gasteiger partial charge on any atom is 0.220 e. The number of nitrogens with two attached hydrogens (primary N) is 1. The van der Waals surface area contributed by atoms with Crippen molar-refractivity contribution >= 4 is 5.91 Å². The molecule has 1 aliphatic carbocycles. The zero-order chi connectivity index (χ0) is 11.5. The molecule has 3 nitrogen and oxygen atoms in total. The van der Waals surface area contributed by atoms with E-state index in [0.717, 1.165) is 12.8 Å². The molecule has 88 valence electrons. The van der Waals surface area contributed by atoms with E-state index in [0.29, 0.717) is 12.5 Å². The molecule has 0 spiro atoms. The zero-order valence-electron chi connectivity index (χ0n) is 10.2. The number of carbonyl (C=O) groups excluding carboxylic acids is 1. The monoisotopic (exact) mass is 212 g/mol. The summed E-state index contributed by atoms with van der Waals surface area (Å²) in [7, 11) is 0. The van der Waals surface area contributed by atoms with Crippen LogP contribution in [0.2, 0.25) is 0 Å². The van der Waals surface area contributed by atoms with Gasteiger partial charge in [-0.2, -0.15) is 0 Å². The second-order valence-corrected chi connectivity index (χ2v) is 5.52. The average molecular weight is 212 g/mol.